The van der Waals surface area contributed by atoms with Crippen LogP contribution in [-0.2, 0) is 17.9 Å². The third kappa shape index (κ3) is 4.59. The number of allylic oxidation sites excluding steroid dienone is 1. The van der Waals surface area contributed by atoms with E-state index in [1.165, 1.54) is 63.7 Å². The topological polar surface area (TPSA) is 0 Å². The molecule has 0 nitrogen and oxygen atoms in total. The fraction of sp³-hybridized carbons (Fsp3) is 0.135. The maximum absolute atomic E-state index is 7.95. The first-order chi connectivity index (χ1) is 20.0. The van der Waals surface area contributed by atoms with Gasteiger partial charge in [0.05, 0.1) is 0 Å². The van der Waals surface area contributed by atoms with Crippen LogP contribution in [0.2, 0.25) is 0 Å². The summed E-state index contributed by atoms with van der Waals surface area (Å²) in [5.74, 6) is 0.449. The molecule has 0 aromatic heterocycles. The Morgan fingerprint density at radius 2 is 1.39 bits per heavy atom. The molecular formula is C37H32Cl2SiZr. The Kier molecular flexibility index (Phi) is 7.32. The van der Waals surface area contributed by atoms with Gasteiger partial charge >= 0.3 is 259 Å². The van der Waals surface area contributed by atoms with Gasteiger partial charge in [0.2, 0.25) is 0 Å². The molecule has 4 heteroatoms. The van der Waals surface area contributed by atoms with Crippen LogP contribution in [-0.4, -0.2) is 9.52 Å². The number of hydrogen-bond donors (Lipinski definition) is 0. The van der Waals surface area contributed by atoms with Crippen LogP contribution in [0.25, 0.3) is 33.9 Å². The molecule has 2 atom stereocenters. The first-order valence-corrected chi connectivity index (χ1v) is 25.0. The quantitative estimate of drug-likeness (QED) is 0.157. The van der Waals surface area contributed by atoms with Crippen molar-refractivity contribution in [3.8, 4) is 22.3 Å². The molecule has 0 fully saturated rings. The van der Waals surface area contributed by atoms with E-state index >= 15 is 0 Å². The zero-order chi connectivity index (χ0) is 28.1. The fourth-order valence-corrected chi connectivity index (χ4v) is 23.4. The predicted octanol–water partition coefficient (Wildman–Crippen LogP) is 8.35. The molecule has 0 spiro atoms. The van der Waals surface area contributed by atoms with Gasteiger partial charge in [-0.25, -0.2) is 0 Å². The maximum atomic E-state index is 7.95. The molecule has 0 amide bonds. The second kappa shape index (κ2) is 11.0. The van der Waals surface area contributed by atoms with E-state index in [4.69, 9.17) is 17.0 Å². The van der Waals surface area contributed by atoms with Crippen LogP contribution < -0.4 is 13.6 Å². The molecule has 5 aromatic rings. The van der Waals surface area contributed by atoms with Crippen LogP contribution in [0.1, 0.15) is 52.1 Å². The summed E-state index contributed by atoms with van der Waals surface area (Å²) < 4.78 is 1.28. The zero-order valence-corrected chi connectivity index (χ0v) is 28.8. The van der Waals surface area contributed by atoms with Crippen molar-refractivity contribution in [3.05, 3.63) is 138 Å². The van der Waals surface area contributed by atoms with E-state index in [0.29, 0.717) is 5.92 Å². The van der Waals surface area contributed by atoms with Gasteiger partial charge in [0.15, 0.2) is 0 Å². The van der Waals surface area contributed by atoms with Gasteiger partial charge in [-0.2, -0.15) is 0 Å². The Hall–Kier alpha value is -2.48. The molecule has 0 saturated heterocycles. The van der Waals surface area contributed by atoms with E-state index in [1.807, 2.05) is 0 Å². The predicted molar refractivity (Wildman–Crippen MR) is 179 cm³/mol. The molecule has 1 heterocycles. The number of hydrogen-bond acceptors (Lipinski definition) is 0. The molecule has 0 N–H and O–H groups in total. The summed E-state index contributed by atoms with van der Waals surface area (Å²) in [4.78, 5) is 0. The number of halogens is 2. The van der Waals surface area contributed by atoms with E-state index in [-0.39, 0.29) is 3.63 Å². The SMILES string of the molecule is CCC(C)c1ccc2c(c1-c1ccccc1)C=C(c1ccccc1)[CH]2[Zr]([Cl])([Cl])[c]1cccc2c1[SiH2]c1ccccc1-2. The Balaban J connectivity index is 1.47. The average molecular weight is 667 g/mol. The third-order valence-corrected chi connectivity index (χ3v) is 23.3. The number of rotatable bonds is 6. The second-order valence-electron chi connectivity index (χ2n) is 11.4. The first-order valence-electron chi connectivity index (χ1n) is 14.6. The van der Waals surface area contributed by atoms with Gasteiger partial charge in [-0.15, -0.1) is 0 Å². The minimum atomic E-state index is -4.11. The molecule has 2 unspecified atom stereocenters. The van der Waals surface area contributed by atoms with Crippen molar-refractivity contribution < 1.29 is 17.9 Å². The number of fused-ring (bicyclic) bond motifs is 4. The summed E-state index contributed by atoms with van der Waals surface area (Å²) in [7, 11) is 15.2. The van der Waals surface area contributed by atoms with Crippen molar-refractivity contribution in [2.24, 2.45) is 0 Å². The molecule has 1 aliphatic carbocycles. The second-order valence-corrected chi connectivity index (χ2v) is 27.2. The number of benzene rings is 5. The molecule has 202 valence electrons. The standard InChI is InChI=1S/C25H23.C12H9Si.2ClH.Zr/c1-3-18(2)23-15-14-21-16-22(19-10-6-4-7-11-19)17-24(21)25(23)20-12-8-5-9-13-20;1-3-7-11-9(5-1)10-6-2-4-8-12(10)13-11;;;/h4-18H,3H2,1-2H3;1-7H,13H2;2*1H;/q;;;;+2/p-2. The van der Waals surface area contributed by atoms with Crippen molar-refractivity contribution in [2.45, 2.75) is 29.8 Å². The Morgan fingerprint density at radius 3 is 2.12 bits per heavy atom. The van der Waals surface area contributed by atoms with Crippen LogP contribution in [0.3, 0.4) is 0 Å². The van der Waals surface area contributed by atoms with Crippen molar-refractivity contribution in [1.82, 2.24) is 0 Å². The van der Waals surface area contributed by atoms with Gasteiger partial charge in [-0.1, -0.05) is 0 Å². The third-order valence-electron chi connectivity index (χ3n) is 9.12. The van der Waals surface area contributed by atoms with E-state index < -0.39 is 27.4 Å². The molecule has 2 aliphatic rings. The van der Waals surface area contributed by atoms with Crippen molar-refractivity contribution in [3.63, 3.8) is 0 Å². The van der Waals surface area contributed by atoms with Gasteiger partial charge < -0.3 is 0 Å². The Bertz CT molecular complexity index is 1790. The first kappa shape index (κ1) is 27.4. The van der Waals surface area contributed by atoms with Gasteiger partial charge in [-0.05, 0) is 0 Å². The summed E-state index contributed by atoms with van der Waals surface area (Å²) in [6.45, 7) is 4.61. The van der Waals surface area contributed by atoms with Crippen LogP contribution in [0.5, 0.6) is 0 Å². The van der Waals surface area contributed by atoms with E-state index in [2.05, 4.69) is 135 Å². The molecule has 7 rings (SSSR count). The summed E-state index contributed by atoms with van der Waals surface area (Å²) in [6, 6.07) is 42.0. The van der Waals surface area contributed by atoms with Gasteiger partial charge in [-0.3, -0.25) is 0 Å². The van der Waals surface area contributed by atoms with E-state index in [1.54, 1.807) is 0 Å². The van der Waals surface area contributed by atoms with Crippen molar-refractivity contribution in [1.29, 1.82) is 0 Å². The van der Waals surface area contributed by atoms with E-state index in [0.717, 1.165) is 6.42 Å². The van der Waals surface area contributed by atoms with E-state index in [9.17, 15) is 0 Å². The van der Waals surface area contributed by atoms with Crippen LogP contribution in [0.4, 0.5) is 0 Å². The molecule has 5 aromatic carbocycles. The van der Waals surface area contributed by atoms with Crippen molar-refractivity contribution >= 4 is 51.8 Å². The molecule has 0 saturated carbocycles. The molecule has 41 heavy (non-hydrogen) atoms. The fourth-order valence-electron chi connectivity index (χ4n) is 6.92. The normalized spacial score (nSPS) is 16.7. The van der Waals surface area contributed by atoms with Crippen LogP contribution >= 0.6 is 17.0 Å². The molecule has 1 aliphatic heterocycles. The molecular weight excluding hydrogens is 635 g/mol. The van der Waals surface area contributed by atoms with Crippen molar-refractivity contribution in [2.75, 3.05) is 0 Å². The minimum absolute atomic E-state index is 0.00249. The summed E-state index contributed by atoms with van der Waals surface area (Å²) in [6.07, 6.45) is 3.52. The summed E-state index contributed by atoms with van der Waals surface area (Å²) in [5.41, 5.74) is 11.8. The average Bonchev–Trinajstić information content (AvgIpc) is 3.60. The Morgan fingerprint density at radius 1 is 0.732 bits per heavy atom. The zero-order valence-electron chi connectivity index (χ0n) is 23.4. The van der Waals surface area contributed by atoms with Gasteiger partial charge in [0, 0.05) is 0 Å². The summed E-state index contributed by atoms with van der Waals surface area (Å²) >= 11 is -4.11. The Labute approximate surface area is 257 Å². The molecule has 0 bridgehead atoms. The molecule has 0 radical (unpaired) electrons. The van der Waals surface area contributed by atoms with Crippen LogP contribution in [0, 0.1) is 0 Å². The monoisotopic (exact) mass is 664 g/mol. The van der Waals surface area contributed by atoms with Gasteiger partial charge in [0.1, 0.15) is 0 Å². The van der Waals surface area contributed by atoms with Gasteiger partial charge in [0.25, 0.3) is 0 Å². The van der Waals surface area contributed by atoms with Crippen LogP contribution in [0.15, 0.2) is 115 Å². The summed E-state index contributed by atoms with van der Waals surface area (Å²) in [5, 5.41) is 2.97.